The van der Waals surface area contributed by atoms with Crippen molar-refractivity contribution < 1.29 is 29.0 Å². The molecule has 2 aromatic carbocycles. The quantitative estimate of drug-likeness (QED) is 0.252. The van der Waals surface area contributed by atoms with Gasteiger partial charge in [0.05, 0.1) is 21.2 Å². The second kappa shape index (κ2) is 10.9. The highest BCUT2D eigenvalue weighted by molar-refractivity contribution is 6.72. The summed E-state index contributed by atoms with van der Waals surface area (Å²) in [6, 6.07) is 16.6. The third-order valence-corrected chi connectivity index (χ3v) is 5.16. The first-order valence-corrected chi connectivity index (χ1v) is 9.48. The van der Waals surface area contributed by atoms with Gasteiger partial charge in [-0.05, 0) is 24.3 Å². The lowest BCUT2D eigenvalue weighted by molar-refractivity contribution is -0.187. The zero-order valence-corrected chi connectivity index (χ0v) is 17.8. The van der Waals surface area contributed by atoms with Crippen LogP contribution in [0.3, 0.4) is 0 Å². The van der Waals surface area contributed by atoms with Crippen LogP contribution >= 0.6 is 46.4 Å². The van der Waals surface area contributed by atoms with Gasteiger partial charge in [-0.1, -0.05) is 82.8 Å². The van der Waals surface area contributed by atoms with Crippen molar-refractivity contribution in [1.82, 2.24) is 0 Å². The van der Waals surface area contributed by atoms with Crippen LogP contribution in [0.5, 0.6) is 0 Å². The van der Waals surface area contributed by atoms with Crippen molar-refractivity contribution in [3.63, 3.8) is 0 Å². The van der Waals surface area contributed by atoms with E-state index in [1.54, 1.807) is 60.7 Å². The lowest BCUT2D eigenvalue weighted by Crippen LogP contribution is -2.19. The fourth-order valence-electron chi connectivity index (χ4n) is 1.91. The Morgan fingerprint density at radius 3 is 1.13 bits per heavy atom. The predicted molar refractivity (Wildman–Crippen MR) is 111 cm³/mol. The van der Waals surface area contributed by atoms with Crippen molar-refractivity contribution in [3.05, 3.63) is 91.9 Å². The van der Waals surface area contributed by atoms with Crippen LogP contribution in [0.2, 0.25) is 0 Å². The van der Waals surface area contributed by atoms with E-state index >= 15 is 0 Å². The van der Waals surface area contributed by atoms with E-state index in [0.29, 0.717) is 11.1 Å². The van der Waals surface area contributed by atoms with E-state index in [4.69, 9.17) is 46.4 Å². The lowest BCUT2D eigenvalue weighted by Gasteiger charge is -2.08. The third kappa shape index (κ3) is 5.93. The Hall–Kier alpha value is -2.64. The number of halogens is 4. The van der Waals surface area contributed by atoms with Crippen LogP contribution in [0.25, 0.3) is 0 Å². The molecule has 6 nitrogen and oxygen atoms in total. The fourth-order valence-corrected chi connectivity index (χ4v) is 2.73. The zero-order valence-electron chi connectivity index (χ0n) is 14.7. The Morgan fingerprint density at radius 2 is 0.833 bits per heavy atom. The molecule has 2 aromatic rings. The number of ketones is 2. The number of hydrogen-bond donors (Lipinski definition) is 0. The second-order valence-corrected chi connectivity index (χ2v) is 6.90. The van der Waals surface area contributed by atoms with Gasteiger partial charge in [0.15, 0.2) is 0 Å². The zero-order chi connectivity index (χ0) is 22.3. The summed E-state index contributed by atoms with van der Waals surface area (Å²) in [7, 11) is 0. The first kappa shape index (κ1) is 23.6. The minimum Gasteiger partial charge on any atom is -0.284 e. The van der Waals surface area contributed by atoms with Crippen LogP contribution in [0.15, 0.2) is 80.8 Å². The van der Waals surface area contributed by atoms with E-state index in [1.807, 2.05) is 0 Å². The Balaban J connectivity index is 0.000000232. The van der Waals surface area contributed by atoms with E-state index < -0.39 is 33.6 Å². The third-order valence-electron chi connectivity index (χ3n) is 3.40. The topological polar surface area (TPSA) is 86.7 Å². The smallest absolute Gasteiger partial charge is 0.284 e. The number of allylic oxidation sites excluding steroid dienone is 4. The molecule has 0 saturated carbocycles. The Kier molecular flexibility index (Phi) is 8.62. The standard InChI is InChI=1S/C14H10O4.C6Cl4O2/c15-13(11-7-3-1-4-8-11)17-18-14(16)12-9-5-2-6-10-12;7-1-2(8)4(10)6(12)5(11)3(1)9/h1-10H;. The van der Waals surface area contributed by atoms with Crippen molar-refractivity contribution in [1.29, 1.82) is 0 Å². The molecule has 0 spiro atoms. The minimum atomic E-state index is -0.934. The molecule has 154 valence electrons. The van der Waals surface area contributed by atoms with Crippen LogP contribution in [-0.4, -0.2) is 23.5 Å². The summed E-state index contributed by atoms with van der Waals surface area (Å²) in [6.45, 7) is 0. The molecule has 0 radical (unpaired) electrons. The predicted octanol–water partition coefficient (Wildman–Crippen LogP) is 5.13. The van der Waals surface area contributed by atoms with Crippen molar-refractivity contribution in [3.8, 4) is 0 Å². The maximum atomic E-state index is 11.5. The summed E-state index contributed by atoms with van der Waals surface area (Å²) in [4.78, 5) is 53.7. The Bertz CT molecular complexity index is 945. The van der Waals surface area contributed by atoms with Gasteiger partial charge in [-0.3, -0.25) is 9.59 Å². The molecule has 0 aromatic heterocycles. The highest BCUT2D eigenvalue weighted by atomic mass is 35.5. The number of hydrogen-bond acceptors (Lipinski definition) is 6. The molecule has 30 heavy (non-hydrogen) atoms. The molecule has 1 aliphatic carbocycles. The van der Waals surface area contributed by atoms with Crippen molar-refractivity contribution in [2.45, 2.75) is 0 Å². The van der Waals surface area contributed by atoms with Crippen LogP contribution in [0, 0.1) is 0 Å². The molecule has 0 fully saturated rings. The summed E-state index contributed by atoms with van der Waals surface area (Å²) < 4.78 is 0. The molecular formula is C20H10Cl4O6. The van der Waals surface area contributed by atoms with Gasteiger partial charge < -0.3 is 0 Å². The molecule has 0 saturated heterocycles. The molecule has 10 heteroatoms. The first-order valence-electron chi connectivity index (χ1n) is 7.97. The number of carbonyl (C=O) groups excluding carboxylic acids is 4. The van der Waals surface area contributed by atoms with Crippen molar-refractivity contribution >= 4 is 69.9 Å². The van der Waals surface area contributed by atoms with Gasteiger partial charge in [0.1, 0.15) is 10.1 Å². The highest BCUT2D eigenvalue weighted by Crippen LogP contribution is 2.34. The SMILES string of the molecule is O=C(OOC(=O)c1ccccc1)c1ccccc1.O=C1C(=O)C(Cl)=C(Cl)C(Cl)=C1Cl. The molecule has 0 heterocycles. The number of Topliss-reactive ketones (excluding diaryl/α,β-unsaturated/α-hetero) is 2. The maximum absolute atomic E-state index is 11.5. The van der Waals surface area contributed by atoms with Gasteiger partial charge in [-0.2, -0.15) is 0 Å². The molecule has 1 aliphatic rings. The normalized spacial score (nSPS) is 13.5. The molecule has 0 aliphatic heterocycles. The Labute approximate surface area is 190 Å². The lowest BCUT2D eigenvalue weighted by atomic mass is 10.1. The van der Waals surface area contributed by atoms with Crippen LogP contribution in [0.4, 0.5) is 0 Å². The molecule has 0 unspecified atom stereocenters. The second-order valence-electron chi connectivity index (χ2n) is 5.39. The molecule has 3 rings (SSSR count). The van der Waals surface area contributed by atoms with E-state index in [-0.39, 0.29) is 10.1 Å². The largest absolute Gasteiger partial charge is 0.386 e. The van der Waals surface area contributed by atoms with E-state index in [2.05, 4.69) is 9.78 Å². The van der Waals surface area contributed by atoms with Gasteiger partial charge >= 0.3 is 11.9 Å². The molecule has 0 N–H and O–H groups in total. The summed E-state index contributed by atoms with van der Waals surface area (Å²) in [6.07, 6.45) is 0. The number of rotatable bonds is 2. The fraction of sp³-hybridized carbons (Fsp3) is 0. The minimum absolute atomic E-state index is 0.187. The summed E-state index contributed by atoms with van der Waals surface area (Å²) in [5.41, 5.74) is 0.636. The molecular weight excluding hydrogens is 478 g/mol. The van der Waals surface area contributed by atoms with Crippen molar-refractivity contribution in [2.75, 3.05) is 0 Å². The number of benzene rings is 2. The van der Waals surface area contributed by atoms with Gasteiger partial charge in [0.25, 0.3) is 0 Å². The van der Waals surface area contributed by atoms with E-state index in [1.165, 1.54) is 0 Å². The average Bonchev–Trinajstić information content (AvgIpc) is 2.80. The van der Waals surface area contributed by atoms with Crippen molar-refractivity contribution in [2.24, 2.45) is 0 Å². The molecule has 0 amide bonds. The van der Waals surface area contributed by atoms with E-state index in [0.717, 1.165) is 0 Å². The van der Waals surface area contributed by atoms with Crippen LogP contribution < -0.4 is 0 Å². The van der Waals surface area contributed by atoms with Gasteiger partial charge in [-0.15, -0.1) is 0 Å². The number of carbonyl (C=O) groups is 4. The van der Waals surface area contributed by atoms with Gasteiger partial charge in [0.2, 0.25) is 11.6 Å². The highest BCUT2D eigenvalue weighted by Gasteiger charge is 2.31. The van der Waals surface area contributed by atoms with Crippen LogP contribution in [-0.2, 0) is 19.4 Å². The average molecular weight is 488 g/mol. The Morgan fingerprint density at radius 1 is 0.533 bits per heavy atom. The molecule has 0 atom stereocenters. The summed E-state index contributed by atoms with van der Waals surface area (Å²) in [5.74, 6) is -3.29. The molecule has 0 bridgehead atoms. The van der Waals surface area contributed by atoms with Gasteiger partial charge in [0, 0.05) is 0 Å². The van der Waals surface area contributed by atoms with Crippen LogP contribution in [0.1, 0.15) is 20.7 Å². The summed E-state index contributed by atoms with van der Waals surface area (Å²) in [5, 5.41) is -1.16. The first-order chi connectivity index (χ1) is 14.2. The monoisotopic (exact) mass is 486 g/mol. The van der Waals surface area contributed by atoms with Gasteiger partial charge in [-0.25, -0.2) is 19.4 Å². The summed E-state index contributed by atoms with van der Waals surface area (Å²) >= 11 is 21.7. The maximum Gasteiger partial charge on any atom is 0.386 e. The van der Waals surface area contributed by atoms with E-state index in [9.17, 15) is 19.2 Å².